The van der Waals surface area contributed by atoms with E-state index < -0.39 is 5.91 Å². The zero-order valence-electron chi connectivity index (χ0n) is 8.73. The average Bonchev–Trinajstić information content (AvgIpc) is 2.25. The molecule has 15 heavy (non-hydrogen) atoms. The van der Waals surface area contributed by atoms with Gasteiger partial charge >= 0.3 is 0 Å². The predicted octanol–water partition coefficient (Wildman–Crippen LogP) is 0.332. The lowest BCUT2D eigenvalue weighted by Crippen LogP contribution is -2.37. The summed E-state index contributed by atoms with van der Waals surface area (Å²) in [6, 6.07) is 10.0. The Kier molecular flexibility index (Phi) is 4.34. The quantitative estimate of drug-likeness (QED) is 0.551. The third kappa shape index (κ3) is 3.81. The molecule has 0 aromatic heterocycles. The van der Waals surface area contributed by atoms with Gasteiger partial charge in [0.05, 0.1) is 0 Å². The first-order valence-electron chi connectivity index (χ1n) is 4.78. The number of amidine groups is 1. The number of benzene rings is 1. The van der Waals surface area contributed by atoms with E-state index in [1.165, 1.54) is 12.6 Å². The first kappa shape index (κ1) is 11.2. The molecule has 0 saturated carbocycles. The molecular formula is C11H15N3O. The lowest BCUT2D eigenvalue weighted by Gasteiger charge is -2.05. The molecule has 0 bridgehead atoms. The van der Waals surface area contributed by atoms with Crippen LogP contribution in [0.5, 0.6) is 0 Å². The van der Waals surface area contributed by atoms with Gasteiger partial charge in [0.1, 0.15) is 0 Å². The Labute approximate surface area is 89.2 Å². The highest BCUT2D eigenvalue weighted by Gasteiger charge is 2.03. The molecule has 4 nitrogen and oxygen atoms in total. The second-order valence-electron chi connectivity index (χ2n) is 3.10. The molecule has 4 heteroatoms. The number of amides is 1. The van der Waals surface area contributed by atoms with E-state index in [1.807, 2.05) is 30.3 Å². The minimum absolute atomic E-state index is 0.228. The van der Waals surface area contributed by atoms with Crippen LogP contribution >= 0.6 is 0 Å². The Morgan fingerprint density at radius 3 is 2.60 bits per heavy atom. The molecule has 0 aliphatic heterocycles. The van der Waals surface area contributed by atoms with Crippen molar-refractivity contribution in [2.24, 2.45) is 10.7 Å². The van der Waals surface area contributed by atoms with Crippen LogP contribution in [0.4, 0.5) is 0 Å². The maximum Gasteiger partial charge on any atom is 0.283 e. The van der Waals surface area contributed by atoms with Crippen LogP contribution in [0, 0.1) is 0 Å². The Hall–Kier alpha value is -1.84. The van der Waals surface area contributed by atoms with E-state index in [1.54, 1.807) is 0 Å². The molecule has 3 N–H and O–H groups in total. The van der Waals surface area contributed by atoms with E-state index in [0.717, 1.165) is 6.42 Å². The van der Waals surface area contributed by atoms with E-state index in [2.05, 4.69) is 10.3 Å². The molecule has 1 rings (SSSR count). The predicted molar refractivity (Wildman–Crippen MR) is 60.7 cm³/mol. The standard InChI is InChI=1S/C11H15N3O/c1-13-11(10(12)15)14-8-7-9-5-3-2-4-6-9/h2-6H,7-8H2,1H3,(H2,12,15)(H,13,14). The molecule has 0 saturated heterocycles. The summed E-state index contributed by atoms with van der Waals surface area (Å²) in [6.45, 7) is 0.652. The van der Waals surface area contributed by atoms with Crippen LogP contribution in [0.2, 0.25) is 0 Å². The van der Waals surface area contributed by atoms with Gasteiger partial charge in [-0.2, -0.15) is 0 Å². The minimum Gasteiger partial charge on any atom is -0.365 e. The summed E-state index contributed by atoms with van der Waals surface area (Å²) in [4.78, 5) is 14.6. The van der Waals surface area contributed by atoms with Gasteiger partial charge in [-0.05, 0) is 12.0 Å². The van der Waals surface area contributed by atoms with E-state index in [0.29, 0.717) is 6.54 Å². The van der Waals surface area contributed by atoms with E-state index in [4.69, 9.17) is 5.73 Å². The Morgan fingerprint density at radius 2 is 2.07 bits per heavy atom. The summed E-state index contributed by atoms with van der Waals surface area (Å²) < 4.78 is 0. The molecule has 80 valence electrons. The number of hydrogen-bond donors (Lipinski definition) is 2. The molecule has 0 spiro atoms. The number of rotatable bonds is 3. The molecule has 0 aliphatic rings. The molecule has 1 aromatic carbocycles. The Bertz CT molecular complexity index is 346. The van der Waals surface area contributed by atoms with Crippen molar-refractivity contribution in [1.29, 1.82) is 0 Å². The Balaban J connectivity index is 2.37. The summed E-state index contributed by atoms with van der Waals surface area (Å²) in [5.74, 6) is -0.295. The number of carbonyl (C=O) groups excluding carboxylic acids is 1. The SMILES string of the molecule is C/N=C(\NCCc1ccccc1)C(N)=O. The fraction of sp³-hybridized carbons (Fsp3) is 0.273. The van der Waals surface area contributed by atoms with Crippen LogP contribution in [-0.2, 0) is 11.2 Å². The van der Waals surface area contributed by atoms with Crippen LogP contribution in [0.15, 0.2) is 35.3 Å². The van der Waals surface area contributed by atoms with Crippen LogP contribution in [0.3, 0.4) is 0 Å². The molecule has 0 fully saturated rings. The van der Waals surface area contributed by atoms with Gasteiger partial charge in [0.2, 0.25) is 0 Å². The molecule has 0 atom stereocenters. The Morgan fingerprint density at radius 1 is 1.40 bits per heavy atom. The normalized spacial score (nSPS) is 11.1. The van der Waals surface area contributed by atoms with Gasteiger partial charge in [-0.15, -0.1) is 0 Å². The molecule has 0 aliphatic carbocycles. The smallest absolute Gasteiger partial charge is 0.283 e. The van der Waals surface area contributed by atoms with Gasteiger partial charge in [-0.25, -0.2) is 0 Å². The summed E-state index contributed by atoms with van der Waals surface area (Å²) in [5.41, 5.74) is 6.31. The van der Waals surface area contributed by atoms with Crippen LogP contribution in [-0.4, -0.2) is 25.3 Å². The largest absolute Gasteiger partial charge is 0.365 e. The van der Waals surface area contributed by atoms with Crippen molar-refractivity contribution in [3.05, 3.63) is 35.9 Å². The topological polar surface area (TPSA) is 67.5 Å². The maximum atomic E-state index is 10.8. The average molecular weight is 205 g/mol. The minimum atomic E-state index is -0.523. The lowest BCUT2D eigenvalue weighted by atomic mass is 10.1. The van der Waals surface area contributed by atoms with Crippen molar-refractivity contribution in [1.82, 2.24) is 5.32 Å². The number of nitrogens with one attached hydrogen (secondary N) is 1. The van der Waals surface area contributed by atoms with Crippen molar-refractivity contribution >= 4 is 11.7 Å². The third-order valence-electron chi connectivity index (χ3n) is 2.01. The van der Waals surface area contributed by atoms with Crippen molar-refractivity contribution in [3.63, 3.8) is 0 Å². The number of hydrogen-bond acceptors (Lipinski definition) is 2. The summed E-state index contributed by atoms with van der Waals surface area (Å²) in [6.07, 6.45) is 0.840. The molecule has 1 aromatic rings. The summed E-state index contributed by atoms with van der Waals surface area (Å²) in [5, 5.41) is 2.89. The number of aliphatic imine (C=N–C) groups is 1. The van der Waals surface area contributed by atoms with Gasteiger partial charge in [-0.3, -0.25) is 9.79 Å². The van der Waals surface area contributed by atoms with Gasteiger partial charge in [0, 0.05) is 13.6 Å². The zero-order chi connectivity index (χ0) is 11.1. The summed E-state index contributed by atoms with van der Waals surface area (Å²) >= 11 is 0. The molecular weight excluding hydrogens is 190 g/mol. The highest BCUT2D eigenvalue weighted by molar-refractivity contribution is 6.37. The third-order valence-corrected chi connectivity index (χ3v) is 2.01. The monoisotopic (exact) mass is 205 g/mol. The first-order chi connectivity index (χ1) is 7.24. The number of nitrogens with zero attached hydrogens (tertiary/aromatic N) is 1. The van der Waals surface area contributed by atoms with Gasteiger partial charge < -0.3 is 11.1 Å². The highest BCUT2D eigenvalue weighted by Crippen LogP contribution is 1.97. The number of primary amides is 1. The van der Waals surface area contributed by atoms with E-state index in [-0.39, 0.29) is 5.84 Å². The highest BCUT2D eigenvalue weighted by atomic mass is 16.1. The molecule has 1 amide bonds. The van der Waals surface area contributed by atoms with Crippen LogP contribution < -0.4 is 11.1 Å². The first-order valence-corrected chi connectivity index (χ1v) is 4.78. The lowest BCUT2D eigenvalue weighted by molar-refractivity contribution is -0.112. The van der Waals surface area contributed by atoms with Gasteiger partial charge in [0.15, 0.2) is 5.84 Å². The fourth-order valence-corrected chi connectivity index (χ4v) is 1.25. The van der Waals surface area contributed by atoms with Crippen molar-refractivity contribution in [3.8, 4) is 0 Å². The number of nitrogens with two attached hydrogens (primary N) is 1. The van der Waals surface area contributed by atoms with Gasteiger partial charge in [0.25, 0.3) is 5.91 Å². The zero-order valence-corrected chi connectivity index (χ0v) is 8.73. The van der Waals surface area contributed by atoms with Crippen LogP contribution in [0.1, 0.15) is 5.56 Å². The second-order valence-corrected chi connectivity index (χ2v) is 3.10. The summed E-state index contributed by atoms with van der Waals surface area (Å²) in [7, 11) is 1.54. The molecule has 0 heterocycles. The fourth-order valence-electron chi connectivity index (χ4n) is 1.25. The number of carbonyl (C=O) groups is 1. The van der Waals surface area contributed by atoms with Gasteiger partial charge in [-0.1, -0.05) is 30.3 Å². The second kappa shape index (κ2) is 5.80. The maximum absolute atomic E-state index is 10.8. The van der Waals surface area contributed by atoms with E-state index in [9.17, 15) is 4.79 Å². The van der Waals surface area contributed by atoms with Crippen molar-refractivity contribution < 1.29 is 4.79 Å². The van der Waals surface area contributed by atoms with Crippen molar-refractivity contribution in [2.45, 2.75) is 6.42 Å². The molecule has 0 radical (unpaired) electrons. The van der Waals surface area contributed by atoms with E-state index >= 15 is 0 Å². The van der Waals surface area contributed by atoms with Crippen molar-refractivity contribution in [2.75, 3.05) is 13.6 Å². The van der Waals surface area contributed by atoms with Crippen LogP contribution in [0.25, 0.3) is 0 Å². The molecule has 0 unspecified atom stereocenters.